The molecule has 0 spiro atoms. The number of hydrogen-bond acceptors (Lipinski definition) is 4. The fourth-order valence-corrected chi connectivity index (χ4v) is 11.7. The number of furan rings is 1. The van der Waals surface area contributed by atoms with Crippen LogP contribution in [0.4, 0.5) is 34.1 Å². The largest absolute Gasteiger partial charge is 0.505 e. The van der Waals surface area contributed by atoms with E-state index in [-0.39, 0.29) is 5.75 Å². The number of benzene rings is 12. The minimum absolute atomic E-state index is 0.219. The first kappa shape index (κ1) is 43.9. The van der Waals surface area contributed by atoms with Crippen molar-refractivity contribution in [1.29, 1.82) is 0 Å². The van der Waals surface area contributed by atoms with E-state index < -0.39 is 0 Å². The summed E-state index contributed by atoms with van der Waals surface area (Å²) in [7, 11) is 0. The lowest BCUT2D eigenvalue weighted by molar-refractivity contribution is 0.478. The number of aromatic hydroxyl groups is 1. The second-order valence-corrected chi connectivity index (χ2v) is 19.6. The third kappa shape index (κ3) is 7.05. The van der Waals surface area contributed by atoms with Crippen LogP contribution in [0.15, 0.2) is 223 Å². The van der Waals surface area contributed by atoms with Crippen molar-refractivity contribution in [2.24, 2.45) is 0 Å². The number of anilines is 6. The summed E-state index contributed by atoms with van der Waals surface area (Å²) >= 11 is 0. The molecule has 0 unspecified atom stereocenters. The minimum Gasteiger partial charge on any atom is -0.505 e. The second-order valence-electron chi connectivity index (χ2n) is 19.6. The first-order valence-electron chi connectivity index (χ1n) is 25.1. The maximum Gasteiger partial charge on any atom is 0.159 e. The van der Waals surface area contributed by atoms with Crippen molar-refractivity contribution in [1.82, 2.24) is 0 Å². The van der Waals surface area contributed by atoms with Crippen molar-refractivity contribution in [2.45, 2.75) is 34.6 Å². The van der Waals surface area contributed by atoms with E-state index in [1.807, 2.05) is 12.1 Å². The monoisotopic (exact) mass is 940 g/mol. The Bertz CT molecular complexity index is 4290. The normalized spacial score (nSPS) is 11.7. The summed E-state index contributed by atoms with van der Waals surface area (Å²) < 4.78 is 7.16. The van der Waals surface area contributed by atoms with E-state index in [9.17, 15) is 5.11 Å². The van der Waals surface area contributed by atoms with E-state index in [0.717, 1.165) is 105 Å². The van der Waals surface area contributed by atoms with Crippen molar-refractivity contribution in [3.8, 4) is 39.1 Å². The summed E-state index contributed by atoms with van der Waals surface area (Å²) in [5.74, 6) is 0.219. The van der Waals surface area contributed by atoms with Crippen molar-refractivity contribution >= 4 is 88.4 Å². The molecule has 0 amide bonds. The number of aryl methyl sites for hydroxylation is 5. The Labute approximate surface area is 425 Å². The van der Waals surface area contributed by atoms with Gasteiger partial charge < -0.3 is 19.3 Å². The Morgan fingerprint density at radius 3 is 1.41 bits per heavy atom. The highest BCUT2D eigenvalue weighted by atomic mass is 16.3. The first-order chi connectivity index (χ1) is 35.7. The predicted octanol–water partition coefficient (Wildman–Crippen LogP) is 19.7. The molecule has 1 aromatic heterocycles. The predicted molar refractivity (Wildman–Crippen MR) is 308 cm³/mol. The molecule has 0 aliphatic rings. The fraction of sp³-hybridized carbons (Fsp3) is 0.0725. The lowest BCUT2D eigenvalue weighted by Gasteiger charge is -2.31. The molecule has 0 saturated heterocycles. The summed E-state index contributed by atoms with van der Waals surface area (Å²) in [4.78, 5) is 4.66. The Hall–Kier alpha value is -9.12. The zero-order valence-electron chi connectivity index (χ0n) is 41.5. The van der Waals surface area contributed by atoms with Crippen molar-refractivity contribution < 1.29 is 9.52 Å². The smallest absolute Gasteiger partial charge is 0.159 e. The van der Waals surface area contributed by atoms with E-state index in [0.29, 0.717) is 5.69 Å². The van der Waals surface area contributed by atoms with Crippen LogP contribution in [0.2, 0.25) is 0 Å². The quantitative estimate of drug-likeness (QED) is 0.146. The fourth-order valence-electron chi connectivity index (χ4n) is 11.7. The number of fused-ring (bicyclic) bond motifs is 3. The van der Waals surface area contributed by atoms with Gasteiger partial charge in [0.25, 0.3) is 0 Å². The van der Waals surface area contributed by atoms with Crippen molar-refractivity contribution in [3.05, 3.63) is 246 Å². The molecule has 13 aromatic rings. The maximum atomic E-state index is 12.7. The van der Waals surface area contributed by atoms with Crippen LogP contribution in [-0.4, -0.2) is 5.11 Å². The number of para-hydroxylation sites is 5. The second kappa shape index (κ2) is 17.3. The molecule has 0 atom stereocenters. The van der Waals surface area contributed by atoms with Gasteiger partial charge in [-0.05, 0) is 149 Å². The van der Waals surface area contributed by atoms with Gasteiger partial charge in [-0.25, -0.2) is 0 Å². The summed E-state index contributed by atoms with van der Waals surface area (Å²) in [5, 5.41) is 21.7. The standard InChI is InChI=1S/C69H52N2O2/c1-42-17-6-9-24-51(42)53-26-14-27-54-55-28-16-32-63(69(55)73-68(53)54)71(59-30-11-8-19-44(59)3)61-40-36-48-33-37-56-60(39-35-47-34-38-57(61)66(48)65(47)56)70(58-29-10-7-18-43(58)2)62-31-15-25-52(67(62)72)49-22-13-23-50(41-49)64-45(4)20-12-21-46(64)5/h6-41,72H,1-5H3. The molecule has 4 nitrogen and oxygen atoms in total. The molecule has 73 heavy (non-hydrogen) atoms. The van der Waals surface area contributed by atoms with Crippen LogP contribution in [-0.2, 0) is 0 Å². The van der Waals surface area contributed by atoms with Crippen LogP contribution in [0.1, 0.15) is 27.8 Å². The lowest BCUT2D eigenvalue weighted by atomic mass is 9.91. The molecule has 13 rings (SSSR count). The maximum absolute atomic E-state index is 12.7. The van der Waals surface area contributed by atoms with Gasteiger partial charge in [0.2, 0.25) is 0 Å². The molecule has 0 aliphatic heterocycles. The molecule has 4 heteroatoms. The minimum atomic E-state index is 0.219. The van der Waals surface area contributed by atoms with Gasteiger partial charge >= 0.3 is 0 Å². The molecule has 1 heterocycles. The number of nitrogens with zero attached hydrogens (tertiary/aromatic N) is 2. The molecular weight excluding hydrogens is 889 g/mol. The number of rotatable bonds is 9. The molecule has 12 aromatic carbocycles. The van der Waals surface area contributed by atoms with Crippen LogP contribution in [0.5, 0.6) is 5.75 Å². The third-order valence-electron chi connectivity index (χ3n) is 15.2. The van der Waals surface area contributed by atoms with Crippen LogP contribution in [0.3, 0.4) is 0 Å². The summed E-state index contributed by atoms with van der Waals surface area (Å²) in [5.41, 5.74) is 19.7. The highest BCUT2D eigenvalue weighted by Gasteiger charge is 2.27. The average molecular weight is 941 g/mol. The van der Waals surface area contributed by atoms with E-state index in [1.165, 1.54) is 38.6 Å². The van der Waals surface area contributed by atoms with Crippen LogP contribution >= 0.6 is 0 Å². The number of hydrogen-bond donors (Lipinski definition) is 1. The Kier molecular flexibility index (Phi) is 10.4. The van der Waals surface area contributed by atoms with E-state index in [2.05, 4.69) is 251 Å². The number of phenols is 1. The summed E-state index contributed by atoms with van der Waals surface area (Å²) in [6.07, 6.45) is 0. The lowest BCUT2D eigenvalue weighted by Crippen LogP contribution is -2.13. The van der Waals surface area contributed by atoms with Crippen molar-refractivity contribution in [3.63, 3.8) is 0 Å². The zero-order chi connectivity index (χ0) is 49.5. The highest BCUT2D eigenvalue weighted by Crippen LogP contribution is 2.52. The van der Waals surface area contributed by atoms with Gasteiger partial charge in [-0.3, -0.25) is 0 Å². The molecule has 0 aliphatic carbocycles. The van der Waals surface area contributed by atoms with Crippen LogP contribution in [0.25, 0.3) is 87.6 Å². The summed E-state index contributed by atoms with van der Waals surface area (Å²) in [6.45, 7) is 10.8. The van der Waals surface area contributed by atoms with Gasteiger partial charge in [0.05, 0.1) is 22.7 Å². The van der Waals surface area contributed by atoms with Gasteiger partial charge in [0.1, 0.15) is 11.3 Å². The van der Waals surface area contributed by atoms with E-state index in [1.54, 1.807) is 0 Å². The topological polar surface area (TPSA) is 39.9 Å². The molecule has 0 radical (unpaired) electrons. The molecule has 0 saturated carbocycles. The highest BCUT2D eigenvalue weighted by molar-refractivity contribution is 6.28. The average Bonchev–Trinajstić information content (AvgIpc) is 3.80. The molecule has 350 valence electrons. The Balaban J connectivity index is 1.02. The Morgan fingerprint density at radius 1 is 0.315 bits per heavy atom. The van der Waals surface area contributed by atoms with Gasteiger partial charge in [-0.15, -0.1) is 0 Å². The number of phenolic OH excluding ortho intramolecular Hbond substituents is 1. The van der Waals surface area contributed by atoms with Crippen LogP contribution < -0.4 is 9.80 Å². The zero-order valence-corrected chi connectivity index (χ0v) is 41.5. The third-order valence-corrected chi connectivity index (χ3v) is 15.2. The van der Waals surface area contributed by atoms with Gasteiger partial charge in [0.15, 0.2) is 5.58 Å². The molecule has 0 bridgehead atoms. The first-order valence-corrected chi connectivity index (χ1v) is 25.1. The van der Waals surface area contributed by atoms with Crippen LogP contribution in [0, 0.1) is 34.6 Å². The van der Waals surface area contributed by atoms with Crippen molar-refractivity contribution in [2.75, 3.05) is 9.80 Å². The molecule has 0 fully saturated rings. The van der Waals surface area contributed by atoms with Gasteiger partial charge in [-0.2, -0.15) is 0 Å². The van der Waals surface area contributed by atoms with E-state index >= 15 is 0 Å². The summed E-state index contributed by atoms with van der Waals surface area (Å²) in [6, 6.07) is 77.9. The molecule has 1 N–H and O–H groups in total. The Morgan fingerprint density at radius 2 is 0.767 bits per heavy atom. The SMILES string of the molecule is Cc1ccccc1-c1cccc2c1oc1c(N(c3ccccc3C)c3ccc4ccc5c(N(c6ccccc6C)c6cccc(-c7cccc(-c8c(C)cccc8C)c7)c6O)ccc6ccc3c4c65)cccc12. The van der Waals surface area contributed by atoms with E-state index in [4.69, 9.17) is 4.42 Å². The molecular formula is C69H52N2O2. The van der Waals surface area contributed by atoms with Gasteiger partial charge in [0, 0.05) is 44.0 Å². The van der Waals surface area contributed by atoms with Gasteiger partial charge in [-0.1, -0.05) is 176 Å².